The number of rotatable bonds is 6. The predicted octanol–water partition coefficient (Wildman–Crippen LogP) is 2.67. The van der Waals surface area contributed by atoms with Crippen LogP contribution in [0.5, 0.6) is 0 Å². The Labute approximate surface area is 195 Å². The van der Waals surface area contributed by atoms with Gasteiger partial charge in [-0.2, -0.15) is 0 Å². The predicted molar refractivity (Wildman–Crippen MR) is 124 cm³/mol. The summed E-state index contributed by atoms with van der Waals surface area (Å²) in [6.45, 7) is 1.61. The highest BCUT2D eigenvalue weighted by atomic mass is 19.1. The third kappa shape index (κ3) is 5.70. The summed E-state index contributed by atoms with van der Waals surface area (Å²) in [5.41, 5.74) is 7.48. The van der Waals surface area contributed by atoms with Gasteiger partial charge in [0.05, 0.1) is 18.3 Å². The van der Waals surface area contributed by atoms with E-state index < -0.39 is 23.4 Å². The van der Waals surface area contributed by atoms with Crippen LogP contribution in [0.3, 0.4) is 0 Å². The molecule has 2 heterocycles. The van der Waals surface area contributed by atoms with Gasteiger partial charge in [-0.25, -0.2) is 18.7 Å². The zero-order valence-corrected chi connectivity index (χ0v) is 18.3. The maximum Gasteiger partial charge on any atom is 0.274 e. The van der Waals surface area contributed by atoms with Crippen LogP contribution < -0.4 is 21.7 Å². The molecule has 34 heavy (non-hydrogen) atoms. The van der Waals surface area contributed by atoms with Gasteiger partial charge in [0.2, 0.25) is 5.91 Å². The van der Waals surface area contributed by atoms with E-state index in [-0.39, 0.29) is 29.5 Å². The Morgan fingerprint density at radius 3 is 2.79 bits per heavy atom. The number of nitrogens with zero attached hydrogens (tertiary/aromatic N) is 2. The molecule has 1 aromatic heterocycles. The average molecular weight is 466 g/mol. The van der Waals surface area contributed by atoms with Gasteiger partial charge in [0.15, 0.2) is 11.5 Å². The second-order valence-electron chi connectivity index (χ2n) is 8.05. The van der Waals surface area contributed by atoms with Crippen molar-refractivity contribution in [1.29, 1.82) is 0 Å². The average Bonchev–Trinajstić information content (AvgIpc) is 2.82. The number of hydrogen-bond acceptors (Lipinski definition) is 6. The third-order valence-corrected chi connectivity index (χ3v) is 5.46. The first-order valence-electron chi connectivity index (χ1n) is 10.9. The number of anilines is 2. The monoisotopic (exact) mass is 466 g/mol. The molecule has 3 aromatic rings. The van der Waals surface area contributed by atoms with E-state index in [1.165, 1.54) is 12.3 Å². The Kier molecular flexibility index (Phi) is 7.07. The van der Waals surface area contributed by atoms with Crippen molar-refractivity contribution in [3.05, 3.63) is 71.6 Å². The van der Waals surface area contributed by atoms with Crippen LogP contribution in [-0.4, -0.2) is 40.9 Å². The summed E-state index contributed by atoms with van der Waals surface area (Å²) >= 11 is 0. The van der Waals surface area contributed by atoms with Crippen LogP contribution in [0.2, 0.25) is 0 Å². The Morgan fingerprint density at radius 2 is 2.03 bits per heavy atom. The first-order chi connectivity index (χ1) is 16.4. The fourth-order valence-corrected chi connectivity index (χ4v) is 3.73. The van der Waals surface area contributed by atoms with Crippen LogP contribution in [0.4, 0.5) is 20.3 Å². The minimum atomic E-state index is -0.782. The van der Waals surface area contributed by atoms with E-state index in [9.17, 15) is 18.4 Å². The lowest BCUT2D eigenvalue weighted by atomic mass is 10.1. The quantitative estimate of drug-likeness (QED) is 0.443. The number of carbonyl (C=O) groups excluding carboxylic acids is 2. The molecule has 8 nitrogen and oxygen atoms in total. The first-order valence-corrected chi connectivity index (χ1v) is 10.9. The van der Waals surface area contributed by atoms with Crippen LogP contribution in [0, 0.1) is 11.6 Å². The molecule has 1 atom stereocenters. The van der Waals surface area contributed by atoms with Crippen molar-refractivity contribution in [2.75, 3.05) is 24.1 Å². The van der Waals surface area contributed by atoms with E-state index in [1.54, 1.807) is 24.3 Å². The van der Waals surface area contributed by atoms with Gasteiger partial charge >= 0.3 is 0 Å². The van der Waals surface area contributed by atoms with Crippen molar-refractivity contribution in [1.82, 2.24) is 20.6 Å². The number of piperidine rings is 1. The summed E-state index contributed by atoms with van der Waals surface area (Å²) in [5.74, 6) is -2.33. The van der Waals surface area contributed by atoms with E-state index >= 15 is 0 Å². The van der Waals surface area contributed by atoms with Gasteiger partial charge in [-0.05, 0) is 43.1 Å². The van der Waals surface area contributed by atoms with Crippen molar-refractivity contribution in [2.24, 2.45) is 0 Å². The minimum absolute atomic E-state index is 0.00408. The molecule has 0 spiro atoms. The van der Waals surface area contributed by atoms with Crippen LogP contribution in [0.25, 0.3) is 11.3 Å². The highest BCUT2D eigenvalue weighted by Crippen LogP contribution is 2.22. The molecule has 4 rings (SSSR count). The maximum atomic E-state index is 13.8. The molecular weight excluding hydrogens is 442 g/mol. The zero-order valence-electron chi connectivity index (χ0n) is 18.3. The van der Waals surface area contributed by atoms with Crippen LogP contribution in [-0.2, 0) is 11.2 Å². The summed E-state index contributed by atoms with van der Waals surface area (Å²) < 4.78 is 26.9. The van der Waals surface area contributed by atoms with Crippen molar-refractivity contribution in [3.63, 3.8) is 0 Å². The number of nitrogens with one attached hydrogen (secondary N) is 3. The summed E-state index contributed by atoms with van der Waals surface area (Å²) in [7, 11) is 0. The number of hydrogen-bond donors (Lipinski definition) is 4. The van der Waals surface area contributed by atoms with Crippen LogP contribution >= 0.6 is 0 Å². The lowest BCUT2D eigenvalue weighted by molar-refractivity contribution is -0.115. The molecular formula is C24H24F2N6O2. The highest BCUT2D eigenvalue weighted by Gasteiger charge is 2.20. The largest absolute Gasteiger partial charge is 0.382 e. The number of nitrogen functional groups attached to an aromatic ring is 1. The molecule has 176 valence electrons. The van der Waals surface area contributed by atoms with E-state index in [2.05, 4.69) is 25.9 Å². The number of amides is 2. The Morgan fingerprint density at radius 1 is 1.18 bits per heavy atom. The number of aromatic nitrogens is 2. The summed E-state index contributed by atoms with van der Waals surface area (Å²) in [4.78, 5) is 33.6. The van der Waals surface area contributed by atoms with E-state index in [0.29, 0.717) is 23.5 Å². The van der Waals surface area contributed by atoms with E-state index in [0.717, 1.165) is 31.5 Å². The molecule has 0 aliphatic carbocycles. The fraction of sp³-hybridized carbons (Fsp3) is 0.250. The second kappa shape index (κ2) is 10.3. The normalized spacial score (nSPS) is 15.5. The molecule has 0 bridgehead atoms. The number of halogens is 2. The SMILES string of the molecule is Nc1ncc(-c2cccc(NC(=O)Cc3ccc(F)cc3F)c2)nc1C(=O)N[C@H]1CCCNC1. The summed E-state index contributed by atoms with van der Waals surface area (Å²) in [6, 6.07) is 9.85. The molecule has 1 saturated heterocycles. The standard InChI is InChI=1S/C24H24F2N6O2/c25-16-7-6-14(19(26)11-16)10-21(33)30-17-4-1-3-15(9-17)20-13-29-23(27)22(32-20)24(34)31-18-5-2-8-28-12-18/h1,3-4,6-7,9,11,13,18,28H,2,5,8,10,12H2,(H2,27,29)(H,30,33)(H,31,34)/t18-/m0/s1. The molecule has 2 aromatic carbocycles. The molecule has 2 amide bonds. The van der Waals surface area contributed by atoms with Crippen molar-refractivity contribution < 1.29 is 18.4 Å². The maximum absolute atomic E-state index is 13.8. The number of nitrogens with two attached hydrogens (primary N) is 1. The van der Waals surface area contributed by atoms with E-state index in [1.807, 2.05) is 0 Å². The molecule has 5 N–H and O–H groups in total. The van der Waals surface area contributed by atoms with Gasteiger partial charge in [-0.1, -0.05) is 18.2 Å². The van der Waals surface area contributed by atoms with Crippen molar-refractivity contribution in [3.8, 4) is 11.3 Å². The van der Waals surface area contributed by atoms with Crippen LogP contribution in [0.1, 0.15) is 28.9 Å². The van der Waals surface area contributed by atoms with Gasteiger partial charge in [-0.3, -0.25) is 9.59 Å². The number of carbonyl (C=O) groups is 2. The van der Waals surface area contributed by atoms with Gasteiger partial charge < -0.3 is 21.7 Å². The first kappa shape index (κ1) is 23.2. The molecule has 10 heteroatoms. The third-order valence-electron chi connectivity index (χ3n) is 5.46. The fourth-order valence-electron chi connectivity index (χ4n) is 3.73. The lowest BCUT2D eigenvalue weighted by Crippen LogP contribution is -2.46. The van der Waals surface area contributed by atoms with Gasteiger partial charge in [0, 0.05) is 29.9 Å². The highest BCUT2D eigenvalue weighted by molar-refractivity contribution is 5.97. The molecule has 1 aliphatic rings. The number of benzene rings is 2. The molecule has 0 saturated carbocycles. The Balaban J connectivity index is 1.48. The Hall–Kier alpha value is -3.92. The summed E-state index contributed by atoms with van der Waals surface area (Å²) in [6.07, 6.45) is 3.04. The molecule has 1 fully saturated rings. The van der Waals surface area contributed by atoms with Gasteiger partial charge in [0.25, 0.3) is 5.91 Å². The van der Waals surface area contributed by atoms with Crippen LogP contribution in [0.15, 0.2) is 48.7 Å². The Bertz CT molecular complexity index is 1210. The minimum Gasteiger partial charge on any atom is -0.382 e. The van der Waals surface area contributed by atoms with Crippen molar-refractivity contribution in [2.45, 2.75) is 25.3 Å². The van der Waals surface area contributed by atoms with E-state index in [4.69, 9.17) is 5.73 Å². The molecule has 0 unspecified atom stereocenters. The van der Waals surface area contributed by atoms with Crippen molar-refractivity contribution >= 4 is 23.3 Å². The smallest absolute Gasteiger partial charge is 0.274 e. The second-order valence-corrected chi connectivity index (χ2v) is 8.05. The molecule has 1 aliphatic heterocycles. The molecule has 0 radical (unpaired) electrons. The van der Waals surface area contributed by atoms with Gasteiger partial charge in [0.1, 0.15) is 11.6 Å². The van der Waals surface area contributed by atoms with Gasteiger partial charge in [-0.15, -0.1) is 0 Å². The zero-order chi connectivity index (χ0) is 24.1. The topological polar surface area (TPSA) is 122 Å². The summed E-state index contributed by atoms with van der Waals surface area (Å²) in [5, 5.41) is 8.85. The lowest BCUT2D eigenvalue weighted by Gasteiger charge is -2.23.